The molecule has 2 heterocycles. The molecule has 6 nitrogen and oxygen atoms in total. The van der Waals surface area contributed by atoms with E-state index in [4.69, 9.17) is 15.2 Å². The highest BCUT2D eigenvalue weighted by Gasteiger charge is 2.36. The van der Waals surface area contributed by atoms with Gasteiger partial charge >= 0.3 is 0 Å². The summed E-state index contributed by atoms with van der Waals surface area (Å²) < 4.78 is 10.9. The van der Waals surface area contributed by atoms with Crippen LogP contribution in [0.5, 0.6) is 11.6 Å². The Balaban J connectivity index is 1.93. The van der Waals surface area contributed by atoms with Crippen molar-refractivity contribution in [2.24, 2.45) is 5.73 Å². The Morgan fingerprint density at radius 1 is 1.19 bits per heavy atom. The maximum absolute atomic E-state index is 9.76. The normalized spacial score (nSPS) is 15.7. The minimum absolute atomic E-state index is 0.0889. The molecule has 6 heteroatoms. The quantitative estimate of drug-likeness (QED) is 0.745. The third-order valence-corrected chi connectivity index (χ3v) is 4.82. The fourth-order valence-corrected chi connectivity index (χ4v) is 3.44. The summed E-state index contributed by atoms with van der Waals surface area (Å²) in [7, 11) is 1.63. The number of nitrogens with one attached hydrogen (secondary N) is 1. The van der Waals surface area contributed by atoms with Crippen molar-refractivity contribution in [3.05, 3.63) is 76.7 Å². The van der Waals surface area contributed by atoms with Crippen molar-refractivity contribution in [1.29, 1.82) is 5.26 Å². The molecular weight excluding hydrogens is 340 g/mol. The molecule has 0 saturated carbocycles. The van der Waals surface area contributed by atoms with Gasteiger partial charge in [0.05, 0.1) is 24.3 Å². The van der Waals surface area contributed by atoms with Crippen molar-refractivity contribution in [3.8, 4) is 29.0 Å². The molecule has 0 saturated heterocycles. The predicted octanol–water partition coefficient (Wildman–Crippen LogP) is 3.61. The molecule has 1 atom stereocenters. The van der Waals surface area contributed by atoms with Gasteiger partial charge in [-0.1, -0.05) is 24.3 Å². The van der Waals surface area contributed by atoms with Crippen LogP contribution in [0.15, 0.2) is 60.0 Å². The Kier molecular flexibility index (Phi) is 4.05. The summed E-state index contributed by atoms with van der Waals surface area (Å²) in [6, 6.07) is 17.8. The van der Waals surface area contributed by atoms with Crippen LogP contribution in [-0.2, 0) is 0 Å². The number of allylic oxidation sites excluding steroid dienone is 1. The molecule has 3 N–H and O–H groups in total. The van der Waals surface area contributed by atoms with Crippen molar-refractivity contribution in [2.45, 2.75) is 12.8 Å². The molecule has 0 radical (unpaired) electrons. The monoisotopic (exact) mass is 358 g/mol. The number of hydrogen-bond acceptors (Lipinski definition) is 5. The number of nitriles is 1. The first kappa shape index (κ1) is 16.7. The third-order valence-electron chi connectivity index (χ3n) is 4.82. The maximum Gasteiger partial charge on any atom is 0.244 e. The molecule has 0 spiro atoms. The number of ether oxygens (including phenoxy) is 2. The van der Waals surface area contributed by atoms with Gasteiger partial charge in [-0.25, -0.2) is 0 Å². The Bertz CT molecular complexity index is 1070. The molecule has 1 unspecified atom stereocenters. The first-order valence-electron chi connectivity index (χ1n) is 8.49. The van der Waals surface area contributed by atoms with E-state index in [1.807, 2.05) is 55.5 Å². The smallest absolute Gasteiger partial charge is 0.244 e. The maximum atomic E-state index is 9.76. The number of nitrogens with zero attached hydrogens (tertiary/aromatic N) is 2. The largest absolute Gasteiger partial charge is 0.497 e. The van der Waals surface area contributed by atoms with Gasteiger partial charge < -0.3 is 15.2 Å². The zero-order valence-corrected chi connectivity index (χ0v) is 15.0. The lowest BCUT2D eigenvalue weighted by molar-refractivity contribution is 0.379. The first-order valence-corrected chi connectivity index (χ1v) is 8.49. The second-order valence-corrected chi connectivity index (χ2v) is 6.33. The van der Waals surface area contributed by atoms with Gasteiger partial charge in [-0.3, -0.25) is 5.10 Å². The predicted molar refractivity (Wildman–Crippen MR) is 101 cm³/mol. The summed E-state index contributed by atoms with van der Waals surface area (Å²) in [4.78, 5) is 0. The standard InChI is InChI=1S/C21H18N4O2/c1-12-5-3-4-6-15(12)17-16(11-22)20(23)27-21-18(17)19(24-25-21)13-7-9-14(26-2)10-8-13/h3-10,17H,23H2,1-2H3,(H,24,25). The van der Waals surface area contributed by atoms with E-state index in [0.717, 1.165) is 33.7 Å². The molecule has 1 aliphatic heterocycles. The molecule has 0 amide bonds. The van der Waals surface area contributed by atoms with E-state index in [9.17, 15) is 5.26 Å². The average molecular weight is 358 g/mol. The van der Waals surface area contributed by atoms with E-state index in [0.29, 0.717) is 11.5 Å². The molecule has 134 valence electrons. The van der Waals surface area contributed by atoms with Crippen LogP contribution in [0.3, 0.4) is 0 Å². The van der Waals surface area contributed by atoms with Gasteiger partial charge in [0.15, 0.2) is 0 Å². The molecule has 4 rings (SSSR count). The highest BCUT2D eigenvalue weighted by atomic mass is 16.5. The van der Waals surface area contributed by atoms with Crippen LogP contribution >= 0.6 is 0 Å². The van der Waals surface area contributed by atoms with E-state index in [-0.39, 0.29) is 11.8 Å². The van der Waals surface area contributed by atoms with Crippen molar-refractivity contribution in [1.82, 2.24) is 10.2 Å². The SMILES string of the molecule is COc1ccc(-c2[nH]nc3c2C(c2ccccc2C)C(C#N)=C(N)O3)cc1. The fraction of sp³-hybridized carbons (Fsp3) is 0.143. The van der Waals surface area contributed by atoms with Crippen molar-refractivity contribution >= 4 is 0 Å². The van der Waals surface area contributed by atoms with Gasteiger partial charge in [-0.2, -0.15) is 5.26 Å². The number of hydrogen-bond donors (Lipinski definition) is 2. The van der Waals surface area contributed by atoms with Crippen molar-refractivity contribution in [2.75, 3.05) is 7.11 Å². The molecule has 27 heavy (non-hydrogen) atoms. The number of benzene rings is 2. The second-order valence-electron chi connectivity index (χ2n) is 6.33. The molecular formula is C21H18N4O2. The van der Waals surface area contributed by atoms with Gasteiger partial charge in [0.2, 0.25) is 11.8 Å². The minimum Gasteiger partial charge on any atom is -0.497 e. The van der Waals surface area contributed by atoms with Gasteiger partial charge in [0.25, 0.3) is 0 Å². The van der Waals surface area contributed by atoms with E-state index in [2.05, 4.69) is 16.3 Å². The fourth-order valence-electron chi connectivity index (χ4n) is 3.44. The van der Waals surface area contributed by atoms with E-state index >= 15 is 0 Å². The molecule has 1 aliphatic rings. The minimum atomic E-state index is -0.351. The Labute approximate surface area is 156 Å². The number of aromatic amines is 1. The van der Waals surface area contributed by atoms with E-state index in [1.54, 1.807) is 7.11 Å². The summed E-state index contributed by atoms with van der Waals surface area (Å²) in [5.74, 6) is 0.896. The topological polar surface area (TPSA) is 97.0 Å². The van der Waals surface area contributed by atoms with Crippen LogP contribution in [0.4, 0.5) is 0 Å². The average Bonchev–Trinajstić information content (AvgIpc) is 3.11. The highest BCUT2D eigenvalue weighted by Crippen LogP contribution is 2.46. The van der Waals surface area contributed by atoms with Gasteiger partial charge in [0.1, 0.15) is 17.4 Å². The number of methoxy groups -OCH3 is 1. The molecule has 3 aromatic rings. The molecule has 0 aliphatic carbocycles. The lowest BCUT2D eigenvalue weighted by Gasteiger charge is -2.25. The van der Waals surface area contributed by atoms with E-state index in [1.165, 1.54) is 0 Å². The van der Waals surface area contributed by atoms with Crippen LogP contribution in [0, 0.1) is 18.3 Å². The Morgan fingerprint density at radius 3 is 2.59 bits per heavy atom. The van der Waals surface area contributed by atoms with E-state index < -0.39 is 0 Å². The molecule has 0 bridgehead atoms. The number of H-pyrrole nitrogens is 1. The summed E-state index contributed by atoms with van der Waals surface area (Å²) in [5, 5.41) is 17.1. The molecule has 0 fully saturated rings. The highest BCUT2D eigenvalue weighted by molar-refractivity contribution is 5.71. The lowest BCUT2D eigenvalue weighted by Crippen LogP contribution is -2.21. The zero-order valence-electron chi connectivity index (χ0n) is 15.0. The number of aryl methyl sites for hydroxylation is 1. The Hall–Kier alpha value is -3.72. The molecule has 2 aromatic carbocycles. The van der Waals surface area contributed by atoms with Crippen LogP contribution in [0.25, 0.3) is 11.3 Å². The van der Waals surface area contributed by atoms with Crippen LogP contribution in [0.1, 0.15) is 22.6 Å². The zero-order chi connectivity index (χ0) is 19.0. The number of nitrogens with two attached hydrogens (primary N) is 1. The second kappa shape index (κ2) is 6.54. The van der Waals surface area contributed by atoms with Crippen LogP contribution < -0.4 is 15.2 Å². The number of fused-ring (bicyclic) bond motifs is 1. The third kappa shape index (κ3) is 2.70. The summed E-state index contributed by atoms with van der Waals surface area (Å²) >= 11 is 0. The molecule has 1 aromatic heterocycles. The van der Waals surface area contributed by atoms with Crippen LogP contribution in [-0.4, -0.2) is 17.3 Å². The summed E-state index contributed by atoms with van der Waals surface area (Å²) in [5.41, 5.74) is 11.0. The van der Waals surface area contributed by atoms with Gasteiger partial charge in [-0.15, -0.1) is 5.10 Å². The van der Waals surface area contributed by atoms with Crippen LogP contribution in [0.2, 0.25) is 0 Å². The van der Waals surface area contributed by atoms with Gasteiger partial charge in [-0.05, 0) is 42.3 Å². The Morgan fingerprint density at radius 2 is 1.93 bits per heavy atom. The summed E-state index contributed by atoms with van der Waals surface area (Å²) in [6.07, 6.45) is 0. The number of aromatic nitrogens is 2. The van der Waals surface area contributed by atoms with Crippen molar-refractivity contribution < 1.29 is 9.47 Å². The number of rotatable bonds is 3. The lowest BCUT2D eigenvalue weighted by atomic mass is 9.81. The van der Waals surface area contributed by atoms with Gasteiger partial charge in [0, 0.05) is 5.56 Å². The first-order chi connectivity index (χ1) is 13.1. The van der Waals surface area contributed by atoms with Crippen molar-refractivity contribution in [3.63, 3.8) is 0 Å². The summed E-state index contributed by atoms with van der Waals surface area (Å²) in [6.45, 7) is 2.02.